The van der Waals surface area contributed by atoms with Crippen LogP contribution in [0.25, 0.3) is 0 Å². The van der Waals surface area contributed by atoms with Gasteiger partial charge in [0.15, 0.2) is 0 Å². The van der Waals surface area contributed by atoms with E-state index in [1.165, 1.54) is 31.4 Å². The van der Waals surface area contributed by atoms with Crippen molar-refractivity contribution < 1.29 is 22.8 Å². The average Bonchev–Trinajstić information content (AvgIpc) is 2.74. The van der Waals surface area contributed by atoms with Crippen LogP contribution in [-0.2, 0) is 21.5 Å². The third-order valence-electron chi connectivity index (χ3n) is 4.00. The zero-order valence-electron chi connectivity index (χ0n) is 15.7. The number of rotatable bonds is 8. The molecule has 0 aliphatic heterocycles. The molecule has 0 saturated heterocycles. The van der Waals surface area contributed by atoms with Crippen molar-refractivity contribution in [3.63, 3.8) is 0 Å². The number of methoxy groups -OCH3 is 1. The fourth-order valence-corrected chi connectivity index (χ4v) is 3.67. The molecule has 0 radical (unpaired) electrons. The van der Waals surface area contributed by atoms with Gasteiger partial charge in [-0.05, 0) is 35.9 Å². The van der Waals surface area contributed by atoms with Gasteiger partial charge in [-0.15, -0.1) is 0 Å². The molecular weight excluding hydrogens is 392 g/mol. The van der Waals surface area contributed by atoms with Gasteiger partial charge in [-0.3, -0.25) is 14.4 Å². The molecule has 0 spiro atoms. The van der Waals surface area contributed by atoms with Gasteiger partial charge in [0.1, 0.15) is 5.75 Å². The molecule has 0 aliphatic carbocycles. The van der Waals surface area contributed by atoms with Gasteiger partial charge in [-0.25, -0.2) is 13.9 Å². The standard InChI is InChI=1S/C21H20N2O5S/c1-27-20-13-6-5-12-19(20)23-29(25,26)18-11-7-10-17(14-18)21(24)22-28-15-16-8-3-2-4-9-16/h2-14,23H,15H2,1H3,(H,22,24). The molecule has 0 aromatic heterocycles. The number of benzene rings is 3. The first kappa shape index (κ1) is 20.4. The number of sulfonamides is 1. The van der Waals surface area contributed by atoms with Crippen LogP contribution < -0.4 is 14.9 Å². The SMILES string of the molecule is COc1ccccc1NS(=O)(=O)c1cccc(C(=O)NOCc2ccccc2)c1. The van der Waals surface area contributed by atoms with Crippen molar-refractivity contribution in [2.45, 2.75) is 11.5 Å². The van der Waals surface area contributed by atoms with E-state index in [0.717, 1.165) is 5.56 Å². The topological polar surface area (TPSA) is 93.7 Å². The number of carbonyl (C=O) groups excluding carboxylic acids is 1. The van der Waals surface area contributed by atoms with Crippen LogP contribution in [-0.4, -0.2) is 21.4 Å². The Labute approximate surface area is 169 Å². The first-order valence-electron chi connectivity index (χ1n) is 8.71. The second-order valence-corrected chi connectivity index (χ2v) is 7.72. The number of carbonyl (C=O) groups is 1. The van der Waals surface area contributed by atoms with Crippen molar-refractivity contribution in [3.8, 4) is 5.75 Å². The normalized spacial score (nSPS) is 10.9. The lowest BCUT2D eigenvalue weighted by molar-refractivity contribution is 0.0233. The molecule has 0 aliphatic rings. The summed E-state index contributed by atoms with van der Waals surface area (Å²) in [5.74, 6) is -0.158. The minimum Gasteiger partial charge on any atom is -0.495 e. The number of hydrogen-bond acceptors (Lipinski definition) is 5. The third-order valence-corrected chi connectivity index (χ3v) is 5.37. The lowest BCUT2D eigenvalue weighted by Gasteiger charge is -2.12. The molecule has 3 aromatic rings. The highest BCUT2D eigenvalue weighted by Crippen LogP contribution is 2.26. The van der Waals surface area contributed by atoms with Crippen LogP contribution in [0.3, 0.4) is 0 Å². The van der Waals surface area contributed by atoms with Crippen LogP contribution in [0, 0.1) is 0 Å². The maximum Gasteiger partial charge on any atom is 0.274 e. The molecule has 0 heterocycles. The van der Waals surface area contributed by atoms with Crippen molar-refractivity contribution in [3.05, 3.63) is 90.0 Å². The predicted molar refractivity (Wildman–Crippen MR) is 109 cm³/mol. The van der Waals surface area contributed by atoms with E-state index in [0.29, 0.717) is 11.4 Å². The van der Waals surface area contributed by atoms with Crippen LogP contribution in [0.2, 0.25) is 0 Å². The van der Waals surface area contributed by atoms with E-state index in [9.17, 15) is 13.2 Å². The van der Waals surface area contributed by atoms with E-state index < -0.39 is 15.9 Å². The van der Waals surface area contributed by atoms with Gasteiger partial charge in [-0.2, -0.15) is 0 Å². The van der Waals surface area contributed by atoms with Gasteiger partial charge in [0, 0.05) is 5.56 Å². The Balaban J connectivity index is 1.70. The molecule has 0 unspecified atom stereocenters. The van der Waals surface area contributed by atoms with E-state index in [1.54, 1.807) is 24.3 Å². The molecule has 0 bridgehead atoms. The van der Waals surface area contributed by atoms with E-state index in [-0.39, 0.29) is 17.1 Å². The van der Waals surface area contributed by atoms with E-state index in [1.807, 2.05) is 30.3 Å². The van der Waals surface area contributed by atoms with Gasteiger partial charge in [0.25, 0.3) is 15.9 Å². The number of ether oxygens (including phenoxy) is 1. The molecule has 0 fully saturated rings. The molecule has 1 amide bonds. The second-order valence-electron chi connectivity index (χ2n) is 6.04. The maximum atomic E-state index is 12.7. The fourth-order valence-electron chi connectivity index (χ4n) is 2.56. The maximum absolute atomic E-state index is 12.7. The Hall–Kier alpha value is -3.36. The number of hydrogen-bond donors (Lipinski definition) is 2. The summed E-state index contributed by atoms with van der Waals surface area (Å²) in [5.41, 5.74) is 3.67. The van der Waals surface area contributed by atoms with Gasteiger partial charge in [0.05, 0.1) is 24.3 Å². The second kappa shape index (κ2) is 9.22. The Bertz CT molecular complexity index is 1080. The van der Waals surface area contributed by atoms with E-state index in [2.05, 4.69) is 10.2 Å². The summed E-state index contributed by atoms with van der Waals surface area (Å²) in [6, 6.07) is 21.7. The van der Waals surface area contributed by atoms with Crippen molar-refractivity contribution in [1.29, 1.82) is 0 Å². The summed E-state index contributed by atoms with van der Waals surface area (Å²) in [6.45, 7) is 0.194. The summed E-state index contributed by atoms with van der Waals surface area (Å²) < 4.78 is 33.1. The molecule has 7 nitrogen and oxygen atoms in total. The zero-order chi connectivity index (χ0) is 20.7. The highest BCUT2D eigenvalue weighted by molar-refractivity contribution is 7.92. The largest absolute Gasteiger partial charge is 0.495 e. The van der Waals surface area contributed by atoms with Crippen molar-refractivity contribution in [2.75, 3.05) is 11.8 Å². The fraction of sp³-hybridized carbons (Fsp3) is 0.0952. The Morgan fingerprint density at radius 3 is 2.41 bits per heavy atom. The average molecular weight is 412 g/mol. The lowest BCUT2D eigenvalue weighted by Crippen LogP contribution is -2.24. The first-order chi connectivity index (χ1) is 14.0. The Morgan fingerprint density at radius 1 is 0.931 bits per heavy atom. The summed E-state index contributed by atoms with van der Waals surface area (Å²) >= 11 is 0. The highest BCUT2D eigenvalue weighted by Gasteiger charge is 2.18. The lowest BCUT2D eigenvalue weighted by atomic mass is 10.2. The molecule has 0 saturated carbocycles. The van der Waals surface area contributed by atoms with Gasteiger partial charge in [-0.1, -0.05) is 48.5 Å². The third kappa shape index (κ3) is 5.34. The Kier molecular flexibility index (Phi) is 6.48. The summed E-state index contributed by atoms with van der Waals surface area (Å²) in [5, 5.41) is 0. The quantitative estimate of drug-likeness (QED) is 0.554. The van der Waals surface area contributed by atoms with Crippen molar-refractivity contribution in [2.24, 2.45) is 0 Å². The van der Waals surface area contributed by atoms with Crippen LogP contribution in [0.1, 0.15) is 15.9 Å². The molecule has 3 aromatic carbocycles. The smallest absolute Gasteiger partial charge is 0.274 e. The first-order valence-corrected chi connectivity index (χ1v) is 10.2. The molecule has 8 heteroatoms. The summed E-state index contributed by atoms with van der Waals surface area (Å²) in [6.07, 6.45) is 0. The van der Waals surface area contributed by atoms with Crippen molar-refractivity contribution in [1.82, 2.24) is 5.48 Å². The molecular formula is C21H20N2O5S. The summed E-state index contributed by atoms with van der Waals surface area (Å²) in [4.78, 5) is 17.5. The molecule has 3 rings (SSSR count). The number of amides is 1. The highest BCUT2D eigenvalue weighted by atomic mass is 32.2. The summed E-state index contributed by atoms with van der Waals surface area (Å²) in [7, 11) is -2.46. The van der Waals surface area contributed by atoms with Crippen LogP contribution >= 0.6 is 0 Å². The number of nitrogens with one attached hydrogen (secondary N) is 2. The van der Waals surface area contributed by atoms with E-state index in [4.69, 9.17) is 9.57 Å². The zero-order valence-corrected chi connectivity index (χ0v) is 16.5. The van der Waals surface area contributed by atoms with Gasteiger partial charge >= 0.3 is 0 Å². The van der Waals surface area contributed by atoms with Crippen LogP contribution in [0.5, 0.6) is 5.75 Å². The minimum absolute atomic E-state index is 0.0564. The van der Waals surface area contributed by atoms with E-state index >= 15 is 0 Å². The number of para-hydroxylation sites is 2. The molecule has 29 heavy (non-hydrogen) atoms. The number of hydroxylamine groups is 1. The van der Waals surface area contributed by atoms with Crippen LogP contribution in [0.4, 0.5) is 5.69 Å². The molecule has 0 atom stereocenters. The van der Waals surface area contributed by atoms with Gasteiger partial charge < -0.3 is 4.74 Å². The Morgan fingerprint density at radius 2 is 1.66 bits per heavy atom. The minimum atomic E-state index is -3.92. The number of anilines is 1. The van der Waals surface area contributed by atoms with Crippen molar-refractivity contribution >= 4 is 21.6 Å². The molecule has 150 valence electrons. The monoisotopic (exact) mass is 412 g/mol. The molecule has 2 N–H and O–H groups in total. The predicted octanol–water partition coefficient (Wildman–Crippen LogP) is 3.36. The van der Waals surface area contributed by atoms with Crippen LogP contribution in [0.15, 0.2) is 83.8 Å². The van der Waals surface area contributed by atoms with Gasteiger partial charge in [0.2, 0.25) is 0 Å².